The topological polar surface area (TPSA) is 34.9 Å². The second-order valence-electron chi connectivity index (χ2n) is 3.66. The van der Waals surface area contributed by atoms with Gasteiger partial charge in [-0.3, -0.25) is 4.79 Å². The van der Waals surface area contributed by atoms with Gasteiger partial charge in [0.2, 0.25) is 0 Å². The van der Waals surface area contributed by atoms with Crippen molar-refractivity contribution in [2.75, 3.05) is 5.75 Å². The van der Waals surface area contributed by atoms with Crippen LogP contribution in [0.1, 0.15) is 10.4 Å². The van der Waals surface area contributed by atoms with Crippen molar-refractivity contribution < 1.29 is 13.6 Å². The Labute approximate surface area is 107 Å². The summed E-state index contributed by atoms with van der Waals surface area (Å²) in [6, 6.07) is 2.85. The third-order valence-electron chi connectivity index (χ3n) is 2.34. The molecule has 0 amide bonds. The third kappa shape index (κ3) is 2.76. The molecular weight excluding hydrogens is 258 g/mol. The van der Waals surface area contributed by atoms with Crippen LogP contribution in [-0.4, -0.2) is 21.1 Å². The number of carbonyl (C=O) groups excluding carboxylic acids is 1. The van der Waals surface area contributed by atoms with E-state index in [9.17, 15) is 13.6 Å². The highest BCUT2D eigenvalue weighted by molar-refractivity contribution is 7.99. The van der Waals surface area contributed by atoms with E-state index in [4.69, 9.17) is 0 Å². The quantitative estimate of drug-likeness (QED) is 0.631. The molecule has 0 atom stereocenters. The molecular formula is C12H10F2N2OS. The third-order valence-corrected chi connectivity index (χ3v) is 3.40. The molecule has 2 rings (SSSR count). The molecule has 0 fully saturated rings. The number of nitrogens with zero attached hydrogens (tertiary/aromatic N) is 2. The van der Waals surface area contributed by atoms with Crippen molar-refractivity contribution >= 4 is 17.5 Å². The molecule has 1 heterocycles. The van der Waals surface area contributed by atoms with E-state index in [1.54, 1.807) is 24.0 Å². The first kappa shape index (κ1) is 12.8. The smallest absolute Gasteiger partial charge is 0.176 e. The zero-order valence-electron chi connectivity index (χ0n) is 9.56. The van der Waals surface area contributed by atoms with E-state index >= 15 is 0 Å². The fourth-order valence-corrected chi connectivity index (χ4v) is 2.23. The lowest BCUT2D eigenvalue weighted by atomic mass is 10.1. The molecule has 0 saturated heterocycles. The van der Waals surface area contributed by atoms with Crippen LogP contribution in [-0.2, 0) is 7.05 Å². The summed E-state index contributed by atoms with van der Waals surface area (Å²) in [5.41, 5.74) is -0.225. The number of rotatable bonds is 4. The van der Waals surface area contributed by atoms with Gasteiger partial charge in [-0.2, -0.15) is 0 Å². The van der Waals surface area contributed by atoms with Crippen molar-refractivity contribution in [1.82, 2.24) is 9.55 Å². The molecule has 1 aromatic heterocycles. The van der Waals surface area contributed by atoms with Crippen LogP contribution in [0.15, 0.2) is 35.7 Å². The van der Waals surface area contributed by atoms with Gasteiger partial charge in [-0.15, -0.1) is 0 Å². The second kappa shape index (κ2) is 5.30. The number of aryl methyl sites for hydroxylation is 1. The molecule has 6 heteroatoms. The predicted octanol–water partition coefficient (Wildman–Crippen LogP) is 2.67. The number of hydrogen-bond donors (Lipinski definition) is 0. The molecule has 0 spiro atoms. The highest BCUT2D eigenvalue weighted by Gasteiger charge is 2.14. The van der Waals surface area contributed by atoms with Crippen LogP contribution in [0.2, 0.25) is 0 Å². The van der Waals surface area contributed by atoms with Gasteiger partial charge in [-0.1, -0.05) is 11.8 Å². The Balaban J connectivity index is 2.08. The summed E-state index contributed by atoms with van der Waals surface area (Å²) in [7, 11) is 1.79. The summed E-state index contributed by atoms with van der Waals surface area (Å²) < 4.78 is 28.0. The van der Waals surface area contributed by atoms with Crippen molar-refractivity contribution in [2.45, 2.75) is 5.16 Å². The number of carbonyl (C=O) groups is 1. The van der Waals surface area contributed by atoms with E-state index in [0.29, 0.717) is 5.16 Å². The van der Waals surface area contributed by atoms with Gasteiger partial charge in [-0.25, -0.2) is 13.8 Å². The largest absolute Gasteiger partial charge is 0.329 e. The van der Waals surface area contributed by atoms with Crippen LogP contribution in [0, 0.1) is 11.6 Å². The van der Waals surface area contributed by atoms with E-state index in [2.05, 4.69) is 4.98 Å². The van der Waals surface area contributed by atoms with Crippen LogP contribution in [0.25, 0.3) is 0 Å². The number of Topliss-reactive ketones (excluding diaryl/α,β-unsaturated/α-hetero) is 1. The molecule has 0 N–H and O–H groups in total. The lowest BCUT2D eigenvalue weighted by molar-refractivity contribution is 0.101. The van der Waals surface area contributed by atoms with Crippen LogP contribution in [0.3, 0.4) is 0 Å². The van der Waals surface area contributed by atoms with Crippen molar-refractivity contribution in [2.24, 2.45) is 7.05 Å². The Morgan fingerprint density at radius 2 is 2.22 bits per heavy atom. The van der Waals surface area contributed by atoms with Gasteiger partial charge in [0, 0.05) is 19.4 Å². The summed E-state index contributed by atoms with van der Waals surface area (Å²) in [5.74, 6) is -1.77. The lowest BCUT2D eigenvalue weighted by Crippen LogP contribution is -2.06. The van der Waals surface area contributed by atoms with Gasteiger partial charge in [0.05, 0.1) is 11.3 Å². The van der Waals surface area contributed by atoms with Gasteiger partial charge < -0.3 is 4.57 Å². The fourth-order valence-electron chi connectivity index (χ4n) is 1.41. The minimum atomic E-state index is -0.707. The first-order chi connectivity index (χ1) is 8.58. The molecule has 0 aliphatic carbocycles. The highest BCUT2D eigenvalue weighted by atomic mass is 32.2. The summed E-state index contributed by atoms with van der Waals surface area (Å²) >= 11 is 1.18. The molecule has 0 unspecified atom stereocenters. The minimum Gasteiger partial charge on any atom is -0.329 e. The maximum atomic E-state index is 13.3. The number of benzene rings is 1. The number of halogens is 2. The van der Waals surface area contributed by atoms with Crippen molar-refractivity contribution in [1.29, 1.82) is 0 Å². The number of imidazole rings is 1. The second-order valence-corrected chi connectivity index (χ2v) is 4.60. The van der Waals surface area contributed by atoms with E-state index < -0.39 is 17.4 Å². The van der Waals surface area contributed by atoms with E-state index in [-0.39, 0.29) is 11.3 Å². The van der Waals surface area contributed by atoms with E-state index in [0.717, 1.165) is 18.2 Å². The summed E-state index contributed by atoms with van der Waals surface area (Å²) in [6.45, 7) is 0. The molecule has 18 heavy (non-hydrogen) atoms. The molecule has 1 aromatic carbocycles. The van der Waals surface area contributed by atoms with Gasteiger partial charge >= 0.3 is 0 Å². The van der Waals surface area contributed by atoms with Gasteiger partial charge in [0.25, 0.3) is 0 Å². The van der Waals surface area contributed by atoms with Crippen LogP contribution in [0.4, 0.5) is 8.78 Å². The molecule has 0 aliphatic heterocycles. The van der Waals surface area contributed by atoms with Gasteiger partial charge in [0.15, 0.2) is 10.9 Å². The molecule has 94 valence electrons. The van der Waals surface area contributed by atoms with Crippen molar-refractivity contribution in [3.63, 3.8) is 0 Å². The molecule has 0 saturated carbocycles. The van der Waals surface area contributed by atoms with Crippen molar-refractivity contribution in [3.8, 4) is 0 Å². The Morgan fingerprint density at radius 1 is 1.44 bits per heavy atom. The Kier molecular flexibility index (Phi) is 3.76. The summed E-state index contributed by atoms with van der Waals surface area (Å²) in [5, 5.41) is 0.653. The maximum Gasteiger partial charge on any atom is 0.176 e. The van der Waals surface area contributed by atoms with E-state index in [1.165, 1.54) is 11.8 Å². The molecule has 3 nitrogen and oxygen atoms in total. The zero-order valence-corrected chi connectivity index (χ0v) is 10.4. The predicted molar refractivity (Wildman–Crippen MR) is 64.6 cm³/mol. The number of hydrogen-bond acceptors (Lipinski definition) is 3. The molecule has 0 aliphatic rings. The Bertz CT molecular complexity index is 583. The highest BCUT2D eigenvalue weighted by Crippen LogP contribution is 2.18. The van der Waals surface area contributed by atoms with E-state index in [1.807, 2.05) is 0 Å². The van der Waals surface area contributed by atoms with Crippen molar-refractivity contribution in [3.05, 3.63) is 47.8 Å². The lowest BCUT2D eigenvalue weighted by Gasteiger charge is -2.03. The number of thioether (sulfide) groups is 1. The van der Waals surface area contributed by atoms with Gasteiger partial charge in [0.1, 0.15) is 11.6 Å². The summed E-state index contributed by atoms with van der Waals surface area (Å²) in [4.78, 5) is 15.8. The fraction of sp³-hybridized carbons (Fsp3) is 0.167. The Morgan fingerprint density at radius 3 is 2.89 bits per heavy atom. The first-order valence-electron chi connectivity index (χ1n) is 5.16. The molecule has 2 aromatic rings. The average molecular weight is 268 g/mol. The van der Waals surface area contributed by atoms with Gasteiger partial charge in [-0.05, 0) is 18.2 Å². The minimum absolute atomic E-state index is 0.0191. The Hall–Kier alpha value is -1.69. The molecule has 0 radical (unpaired) electrons. The summed E-state index contributed by atoms with van der Waals surface area (Å²) in [6.07, 6.45) is 3.35. The van der Waals surface area contributed by atoms with Crippen LogP contribution >= 0.6 is 11.8 Å². The molecule has 0 bridgehead atoms. The van der Waals surface area contributed by atoms with Crippen LogP contribution < -0.4 is 0 Å². The monoisotopic (exact) mass is 268 g/mol. The SMILES string of the molecule is Cn1ccnc1SCC(=O)c1cc(F)ccc1F. The number of ketones is 1. The first-order valence-corrected chi connectivity index (χ1v) is 6.15. The zero-order chi connectivity index (χ0) is 13.1. The standard InChI is InChI=1S/C12H10F2N2OS/c1-16-5-4-15-12(16)18-7-11(17)9-6-8(13)2-3-10(9)14/h2-6H,7H2,1H3. The normalized spacial score (nSPS) is 10.6. The maximum absolute atomic E-state index is 13.3. The average Bonchev–Trinajstić information content (AvgIpc) is 2.75. The van der Waals surface area contributed by atoms with Crippen LogP contribution in [0.5, 0.6) is 0 Å². The number of aromatic nitrogens is 2.